The van der Waals surface area contributed by atoms with Crippen molar-refractivity contribution in [1.82, 2.24) is 10.2 Å². The molecule has 0 aromatic heterocycles. The van der Waals surface area contributed by atoms with Crippen LogP contribution >= 0.6 is 11.8 Å². The molecule has 24 heavy (non-hydrogen) atoms. The van der Waals surface area contributed by atoms with Crippen molar-refractivity contribution in [3.8, 4) is 0 Å². The molecule has 2 fully saturated rings. The van der Waals surface area contributed by atoms with Gasteiger partial charge >= 0.3 is 0 Å². The molecule has 2 aliphatic heterocycles. The van der Waals surface area contributed by atoms with Crippen molar-refractivity contribution in [1.29, 1.82) is 0 Å². The van der Waals surface area contributed by atoms with E-state index < -0.39 is 0 Å². The lowest BCUT2D eigenvalue weighted by Gasteiger charge is -2.39. The predicted molar refractivity (Wildman–Crippen MR) is 103 cm³/mol. The van der Waals surface area contributed by atoms with E-state index in [1.807, 2.05) is 12.1 Å². The zero-order valence-electron chi connectivity index (χ0n) is 14.8. The zero-order valence-corrected chi connectivity index (χ0v) is 15.6. The highest BCUT2D eigenvalue weighted by atomic mass is 32.2. The second kappa shape index (κ2) is 8.91. The third-order valence-electron chi connectivity index (χ3n) is 5.53. The molecule has 3 rings (SSSR count). The van der Waals surface area contributed by atoms with E-state index in [1.165, 1.54) is 55.8 Å². The number of nitrogens with zero attached hydrogens (tertiary/aromatic N) is 1. The lowest BCUT2D eigenvalue weighted by Crippen LogP contribution is -2.45. The number of nitrogens with one attached hydrogen (secondary N) is 1. The van der Waals surface area contributed by atoms with Crippen LogP contribution in [-0.2, 0) is 6.42 Å². The Morgan fingerprint density at radius 2 is 1.79 bits per heavy atom. The molecule has 2 aliphatic rings. The third-order valence-corrected chi connectivity index (χ3v) is 6.58. The molecule has 1 N–H and O–H groups in total. The average molecular weight is 347 g/mol. The van der Waals surface area contributed by atoms with Gasteiger partial charge < -0.3 is 10.2 Å². The van der Waals surface area contributed by atoms with Gasteiger partial charge in [-0.15, -0.1) is 0 Å². The number of aryl methyl sites for hydroxylation is 1. The minimum atomic E-state index is 0.0735. The largest absolute Gasteiger partial charge is 0.352 e. The quantitative estimate of drug-likeness (QED) is 0.884. The van der Waals surface area contributed by atoms with Gasteiger partial charge in [0.2, 0.25) is 0 Å². The molecule has 0 radical (unpaired) electrons. The smallest absolute Gasteiger partial charge is 0.251 e. The molecule has 4 heteroatoms. The molecule has 0 saturated carbocycles. The van der Waals surface area contributed by atoms with E-state index in [4.69, 9.17) is 0 Å². The molecule has 0 spiro atoms. The molecule has 0 atom stereocenters. The first-order valence-corrected chi connectivity index (χ1v) is 10.6. The van der Waals surface area contributed by atoms with Crippen molar-refractivity contribution < 1.29 is 4.79 Å². The van der Waals surface area contributed by atoms with Crippen LogP contribution in [0, 0.1) is 5.92 Å². The Morgan fingerprint density at radius 1 is 1.12 bits per heavy atom. The van der Waals surface area contributed by atoms with Crippen molar-refractivity contribution in [3.63, 3.8) is 0 Å². The lowest BCUT2D eigenvalue weighted by atomic mass is 9.94. The van der Waals surface area contributed by atoms with Gasteiger partial charge in [0.05, 0.1) is 0 Å². The van der Waals surface area contributed by atoms with Gasteiger partial charge in [-0.05, 0) is 80.3 Å². The van der Waals surface area contributed by atoms with Gasteiger partial charge in [0, 0.05) is 18.2 Å². The fraction of sp³-hybridized carbons (Fsp3) is 0.650. The van der Waals surface area contributed by atoms with E-state index in [0.29, 0.717) is 5.92 Å². The molecule has 1 aromatic rings. The summed E-state index contributed by atoms with van der Waals surface area (Å²) in [6.07, 6.45) is 6.18. The van der Waals surface area contributed by atoms with Gasteiger partial charge in [0.15, 0.2) is 0 Å². The highest BCUT2D eigenvalue weighted by Gasteiger charge is 2.26. The van der Waals surface area contributed by atoms with E-state index in [2.05, 4.69) is 41.0 Å². The molecule has 1 amide bonds. The zero-order chi connectivity index (χ0) is 16.8. The molecule has 0 unspecified atom stereocenters. The summed E-state index contributed by atoms with van der Waals surface area (Å²) in [6.45, 7) is 5.37. The van der Waals surface area contributed by atoms with Gasteiger partial charge in [0.1, 0.15) is 0 Å². The summed E-state index contributed by atoms with van der Waals surface area (Å²) in [5.74, 6) is 3.37. The number of hydrogen-bond acceptors (Lipinski definition) is 3. The lowest BCUT2D eigenvalue weighted by molar-refractivity contribution is 0.0920. The van der Waals surface area contributed by atoms with Crippen LogP contribution in [0.3, 0.4) is 0 Å². The number of amides is 1. The van der Waals surface area contributed by atoms with Gasteiger partial charge in [0.25, 0.3) is 5.91 Å². The molecule has 1 aromatic carbocycles. The summed E-state index contributed by atoms with van der Waals surface area (Å²) in [7, 11) is 0. The first-order valence-electron chi connectivity index (χ1n) is 9.45. The van der Waals surface area contributed by atoms with Gasteiger partial charge in [-0.3, -0.25) is 4.79 Å². The van der Waals surface area contributed by atoms with Gasteiger partial charge in [-0.25, -0.2) is 0 Å². The SMILES string of the molecule is CCc1ccc(C(=O)NCC2CCN(C3CCSCC3)CC2)cc1. The standard InChI is InChI=1S/C20H30N2OS/c1-2-16-3-5-18(6-4-16)20(23)21-15-17-7-11-22(12-8-17)19-9-13-24-14-10-19/h3-6,17,19H,2,7-15H2,1H3,(H,21,23). The number of carbonyl (C=O) groups is 1. The molecule has 132 valence electrons. The number of rotatable bonds is 5. The number of benzene rings is 1. The molecular formula is C20H30N2OS. The van der Waals surface area contributed by atoms with E-state index in [0.717, 1.165) is 24.6 Å². The number of thioether (sulfide) groups is 1. The maximum absolute atomic E-state index is 12.3. The summed E-state index contributed by atoms with van der Waals surface area (Å²) < 4.78 is 0. The molecule has 0 bridgehead atoms. The summed E-state index contributed by atoms with van der Waals surface area (Å²) in [6, 6.07) is 8.81. The van der Waals surface area contributed by atoms with Crippen molar-refractivity contribution in [2.24, 2.45) is 5.92 Å². The van der Waals surface area contributed by atoms with Crippen LogP contribution in [0.2, 0.25) is 0 Å². The number of carbonyl (C=O) groups excluding carboxylic acids is 1. The first kappa shape index (κ1) is 17.8. The molecule has 0 aliphatic carbocycles. The summed E-state index contributed by atoms with van der Waals surface area (Å²) in [4.78, 5) is 15.0. The van der Waals surface area contributed by atoms with Crippen LogP contribution in [0.25, 0.3) is 0 Å². The van der Waals surface area contributed by atoms with Crippen LogP contribution in [0.4, 0.5) is 0 Å². The van der Waals surface area contributed by atoms with Gasteiger partial charge in [-0.2, -0.15) is 11.8 Å². The van der Waals surface area contributed by atoms with Crippen molar-refractivity contribution in [2.45, 2.75) is 45.1 Å². The molecule has 2 saturated heterocycles. The van der Waals surface area contributed by atoms with Crippen LogP contribution in [0.5, 0.6) is 0 Å². The Morgan fingerprint density at radius 3 is 2.42 bits per heavy atom. The number of hydrogen-bond donors (Lipinski definition) is 1. The number of piperidine rings is 1. The Balaban J connectivity index is 1.40. The topological polar surface area (TPSA) is 32.3 Å². The van der Waals surface area contributed by atoms with E-state index in [9.17, 15) is 4.79 Å². The molecule has 2 heterocycles. The van der Waals surface area contributed by atoms with Crippen molar-refractivity contribution >= 4 is 17.7 Å². The fourth-order valence-electron chi connectivity index (χ4n) is 3.80. The summed E-state index contributed by atoms with van der Waals surface area (Å²) in [5, 5.41) is 3.14. The highest BCUT2D eigenvalue weighted by Crippen LogP contribution is 2.26. The fourth-order valence-corrected chi connectivity index (χ4v) is 4.89. The predicted octanol–water partition coefficient (Wildman–Crippen LogP) is 3.59. The Kier molecular flexibility index (Phi) is 6.61. The summed E-state index contributed by atoms with van der Waals surface area (Å²) >= 11 is 2.10. The monoisotopic (exact) mass is 346 g/mol. The highest BCUT2D eigenvalue weighted by molar-refractivity contribution is 7.99. The van der Waals surface area contributed by atoms with E-state index >= 15 is 0 Å². The summed E-state index contributed by atoms with van der Waals surface area (Å²) in [5.41, 5.74) is 2.06. The Hall–Kier alpha value is -1.00. The average Bonchev–Trinajstić information content (AvgIpc) is 2.67. The van der Waals surface area contributed by atoms with Crippen LogP contribution in [-0.4, -0.2) is 48.0 Å². The second-order valence-corrected chi connectivity index (χ2v) is 8.31. The van der Waals surface area contributed by atoms with E-state index in [-0.39, 0.29) is 5.91 Å². The second-order valence-electron chi connectivity index (χ2n) is 7.08. The Labute approximate surface area is 150 Å². The Bertz CT molecular complexity index is 517. The first-order chi connectivity index (χ1) is 11.8. The third kappa shape index (κ3) is 4.76. The van der Waals surface area contributed by atoms with Crippen LogP contribution < -0.4 is 5.32 Å². The minimum Gasteiger partial charge on any atom is -0.352 e. The minimum absolute atomic E-state index is 0.0735. The maximum Gasteiger partial charge on any atom is 0.251 e. The molecular weight excluding hydrogens is 316 g/mol. The van der Waals surface area contributed by atoms with Crippen molar-refractivity contribution in [3.05, 3.63) is 35.4 Å². The molecule has 3 nitrogen and oxygen atoms in total. The van der Waals surface area contributed by atoms with Crippen LogP contribution in [0.1, 0.15) is 48.5 Å². The van der Waals surface area contributed by atoms with Crippen molar-refractivity contribution in [2.75, 3.05) is 31.1 Å². The number of likely N-dealkylation sites (tertiary alicyclic amines) is 1. The van der Waals surface area contributed by atoms with E-state index in [1.54, 1.807) is 0 Å². The normalized spacial score (nSPS) is 20.9. The van der Waals surface area contributed by atoms with Crippen LogP contribution in [0.15, 0.2) is 24.3 Å². The van der Waals surface area contributed by atoms with Gasteiger partial charge in [-0.1, -0.05) is 19.1 Å². The maximum atomic E-state index is 12.3.